The van der Waals surface area contributed by atoms with Crippen LogP contribution in [0.1, 0.15) is 10.4 Å². The predicted molar refractivity (Wildman–Crippen MR) is 78.6 cm³/mol. The van der Waals surface area contributed by atoms with Crippen LogP contribution < -0.4 is 5.69 Å². The summed E-state index contributed by atoms with van der Waals surface area (Å²) in [6, 6.07) is 3.27. The second-order valence-electron chi connectivity index (χ2n) is 4.53. The monoisotopic (exact) mass is 356 g/mol. The number of halogens is 1. The maximum absolute atomic E-state index is 12.1. The zero-order valence-corrected chi connectivity index (χ0v) is 13.0. The minimum Gasteiger partial charge on any atom is -0.480 e. The van der Waals surface area contributed by atoms with Gasteiger partial charge in [0.25, 0.3) is 0 Å². The lowest BCUT2D eigenvalue weighted by Crippen LogP contribution is -2.19. The molecule has 7 nitrogen and oxygen atoms in total. The molecule has 0 saturated carbocycles. The van der Waals surface area contributed by atoms with Crippen molar-refractivity contribution >= 4 is 38.7 Å². The first-order chi connectivity index (χ1) is 9.82. The fraction of sp³-hybridized carbons (Fsp3) is 0.308. The van der Waals surface area contributed by atoms with Gasteiger partial charge in [0.1, 0.15) is 13.2 Å². The molecule has 0 aliphatic rings. The Morgan fingerprint density at radius 2 is 1.76 bits per heavy atom. The summed E-state index contributed by atoms with van der Waals surface area (Å²) in [5.74, 6) is -1.50. The minimum atomic E-state index is -1.14. The number of rotatable bonds is 5. The number of aromatic nitrogens is 2. The van der Waals surface area contributed by atoms with Crippen LogP contribution in [-0.2, 0) is 23.6 Å². The second kappa shape index (κ2) is 5.82. The van der Waals surface area contributed by atoms with Gasteiger partial charge in [0, 0.05) is 24.1 Å². The highest BCUT2D eigenvalue weighted by Gasteiger charge is 2.16. The van der Waals surface area contributed by atoms with Gasteiger partial charge >= 0.3 is 11.7 Å². The Labute approximate surface area is 127 Å². The van der Waals surface area contributed by atoms with Crippen molar-refractivity contribution in [2.24, 2.45) is 14.1 Å². The normalized spacial score (nSPS) is 11.0. The number of carbonyl (C=O) groups is 2. The number of hydrogen-bond acceptors (Lipinski definition) is 4. The number of ether oxygens (including phenoxy) is 1. The van der Waals surface area contributed by atoms with Crippen LogP contribution in [0.15, 0.2) is 21.4 Å². The van der Waals surface area contributed by atoms with Crippen LogP contribution in [0.2, 0.25) is 0 Å². The van der Waals surface area contributed by atoms with E-state index < -0.39 is 12.6 Å². The van der Waals surface area contributed by atoms with E-state index >= 15 is 0 Å². The van der Waals surface area contributed by atoms with Crippen LogP contribution >= 0.6 is 15.9 Å². The summed E-state index contributed by atoms with van der Waals surface area (Å²) in [4.78, 5) is 34.3. The molecular weight excluding hydrogens is 344 g/mol. The van der Waals surface area contributed by atoms with Gasteiger partial charge in [0.2, 0.25) is 0 Å². The summed E-state index contributed by atoms with van der Waals surface area (Å²) in [5, 5.41) is 8.48. The molecule has 0 atom stereocenters. The third-order valence-electron chi connectivity index (χ3n) is 3.12. The van der Waals surface area contributed by atoms with Crippen molar-refractivity contribution < 1.29 is 19.4 Å². The molecule has 0 spiro atoms. The average molecular weight is 357 g/mol. The van der Waals surface area contributed by atoms with E-state index in [1.165, 1.54) is 9.13 Å². The van der Waals surface area contributed by atoms with Crippen LogP contribution in [0.4, 0.5) is 0 Å². The average Bonchev–Trinajstić information content (AvgIpc) is 2.62. The predicted octanol–water partition coefficient (Wildman–Crippen LogP) is 0.923. The van der Waals surface area contributed by atoms with Gasteiger partial charge in [0.15, 0.2) is 5.78 Å². The van der Waals surface area contributed by atoms with Gasteiger partial charge in [-0.1, -0.05) is 0 Å². The number of imidazole rings is 1. The SMILES string of the molecule is Cn1c(=O)n(C)c2cc(C(=O)COCC(=O)O)c(Br)cc21. The van der Waals surface area contributed by atoms with Crippen molar-refractivity contribution in [1.82, 2.24) is 9.13 Å². The van der Waals surface area contributed by atoms with Gasteiger partial charge in [-0.25, -0.2) is 9.59 Å². The number of nitrogens with zero attached hydrogens (tertiary/aromatic N) is 2. The van der Waals surface area contributed by atoms with Crippen molar-refractivity contribution in [1.29, 1.82) is 0 Å². The highest BCUT2D eigenvalue weighted by atomic mass is 79.9. The molecule has 0 radical (unpaired) electrons. The van der Waals surface area contributed by atoms with E-state index in [-0.39, 0.29) is 18.1 Å². The van der Waals surface area contributed by atoms with Crippen molar-refractivity contribution in [3.8, 4) is 0 Å². The number of carboxylic acid groups (broad SMARTS) is 1. The molecule has 0 fully saturated rings. The van der Waals surface area contributed by atoms with Gasteiger partial charge in [-0.2, -0.15) is 0 Å². The number of aliphatic carboxylic acids is 1. The topological polar surface area (TPSA) is 90.5 Å². The van der Waals surface area contributed by atoms with Crippen LogP contribution in [0.3, 0.4) is 0 Å². The number of benzene rings is 1. The molecule has 0 saturated heterocycles. The molecule has 0 unspecified atom stereocenters. The minimum absolute atomic E-state index is 0.191. The van der Waals surface area contributed by atoms with E-state index in [4.69, 9.17) is 9.84 Å². The lowest BCUT2D eigenvalue weighted by molar-refractivity contribution is -0.141. The Kier molecular flexibility index (Phi) is 4.29. The highest BCUT2D eigenvalue weighted by molar-refractivity contribution is 9.10. The fourth-order valence-corrected chi connectivity index (χ4v) is 2.59. The second-order valence-corrected chi connectivity index (χ2v) is 5.39. The van der Waals surface area contributed by atoms with Gasteiger partial charge < -0.3 is 9.84 Å². The number of aryl methyl sites for hydroxylation is 2. The third-order valence-corrected chi connectivity index (χ3v) is 3.78. The Morgan fingerprint density at radius 1 is 1.19 bits per heavy atom. The molecule has 0 aliphatic carbocycles. The molecule has 2 rings (SSSR count). The van der Waals surface area contributed by atoms with Crippen molar-refractivity contribution in [2.75, 3.05) is 13.2 Å². The Balaban J connectivity index is 2.39. The number of fused-ring (bicyclic) bond motifs is 1. The molecule has 1 N–H and O–H groups in total. The molecule has 112 valence electrons. The van der Waals surface area contributed by atoms with Crippen LogP contribution in [0.5, 0.6) is 0 Å². The highest BCUT2D eigenvalue weighted by Crippen LogP contribution is 2.24. The van der Waals surface area contributed by atoms with E-state index in [2.05, 4.69) is 15.9 Å². The van der Waals surface area contributed by atoms with Gasteiger partial charge in [-0.15, -0.1) is 0 Å². The number of carbonyl (C=O) groups excluding carboxylic acids is 1. The lowest BCUT2D eigenvalue weighted by atomic mass is 10.1. The molecule has 1 aromatic heterocycles. The van der Waals surface area contributed by atoms with E-state index in [0.29, 0.717) is 21.1 Å². The van der Waals surface area contributed by atoms with Crippen LogP contribution in [-0.4, -0.2) is 39.2 Å². The molecule has 2 aromatic rings. The van der Waals surface area contributed by atoms with Gasteiger partial charge in [-0.3, -0.25) is 13.9 Å². The van der Waals surface area contributed by atoms with Crippen molar-refractivity contribution in [3.63, 3.8) is 0 Å². The summed E-state index contributed by atoms with van der Waals surface area (Å²) in [7, 11) is 3.27. The molecular formula is C13H13BrN2O5. The van der Waals surface area contributed by atoms with Crippen LogP contribution in [0.25, 0.3) is 11.0 Å². The van der Waals surface area contributed by atoms with E-state index in [1.54, 1.807) is 26.2 Å². The van der Waals surface area contributed by atoms with E-state index in [9.17, 15) is 14.4 Å². The molecule has 0 bridgehead atoms. The molecule has 0 amide bonds. The van der Waals surface area contributed by atoms with E-state index in [0.717, 1.165) is 0 Å². The number of carboxylic acids is 1. The number of ketones is 1. The molecule has 1 aromatic carbocycles. The molecule has 1 heterocycles. The summed E-state index contributed by atoms with van der Waals surface area (Å²) in [6.45, 7) is -0.868. The maximum atomic E-state index is 12.1. The first kappa shape index (κ1) is 15.5. The quantitative estimate of drug-likeness (QED) is 0.804. The Morgan fingerprint density at radius 3 is 2.33 bits per heavy atom. The standard InChI is InChI=1S/C13H13BrN2O5/c1-15-9-3-7(11(17)5-21-6-12(18)19)8(14)4-10(9)16(2)13(15)20/h3-4H,5-6H2,1-2H3,(H,18,19). The Bertz CT molecular complexity index is 790. The summed E-state index contributed by atoms with van der Waals surface area (Å²) >= 11 is 3.29. The molecule has 8 heteroatoms. The van der Waals surface area contributed by atoms with Gasteiger partial charge in [0.05, 0.1) is 11.0 Å². The maximum Gasteiger partial charge on any atom is 0.329 e. The third kappa shape index (κ3) is 2.91. The lowest BCUT2D eigenvalue weighted by Gasteiger charge is -2.05. The molecule has 21 heavy (non-hydrogen) atoms. The molecule has 0 aliphatic heterocycles. The smallest absolute Gasteiger partial charge is 0.329 e. The first-order valence-electron chi connectivity index (χ1n) is 6.00. The summed E-state index contributed by atoms with van der Waals surface area (Å²) in [5.41, 5.74) is 1.46. The van der Waals surface area contributed by atoms with Gasteiger partial charge in [-0.05, 0) is 28.1 Å². The number of hydrogen-bond donors (Lipinski definition) is 1. The zero-order chi connectivity index (χ0) is 15.7. The first-order valence-corrected chi connectivity index (χ1v) is 6.80. The van der Waals surface area contributed by atoms with Crippen molar-refractivity contribution in [3.05, 3.63) is 32.7 Å². The summed E-state index contributed by atoms with van der Waals surface area (Å²) < 4.78 is 8.24. The fourth-order valence-electron chi connectivity index (χ4n) is 2.04. The van der Waals surface area contributed by atoms with E-state index in [1.807, 2.05) is 0 Å². The summed E-state index contributed by atoms with van der Waals surface area (Å²) in [6.07, 6.45) is 0. The largest absolute Gasteiger partial charge is 0.480 e. The number of Topliss-reactive ketones (excluding diaryl/α,β-unsaturated/α-hetero) is 1. The van der Waals surface area contributed by atoms with Crippen molar-refractivity contribution in [2.45, 2.75) is 0 Å². The zero-order valence-electron chi connectivity index (χ0n) is 11.4. The Hall–Kier alpha value is -1.93. The van der Waals surface area contributed by atoms with Crippen LogP contribution in [0, 0.1) is 0 Å².